The molecule has 0 bridgehead atoms. The van der Waals surface area contributed by atoms with E-state index in [4.69, 9.17) is 5.73 Å². The van der Waals surface area contributed by atoms with Gasteiger partial charge in [-0.3, -0.25) is 0 Å². The van der Waals surface area contributed by atoms with Crippen LogP contribution in [0.2, 0.25) is 0 Å². The van der Waals surface area contributed by atoms with Crippen LogP contribution in [-0.4, -0.2) is 7.05 Å². The topological polar surface area (TPSA) is 29.3 Å². The van der Waals surface area contributed by atoms with Gasteiger partial charge in [-0.05, 0) is 48.4 Å². The average Bonchev–Trinajstić information content (AvgIpc) is 2.32. The first kappa shape index (κ1) is 13.0. The lowest BCUT2D eigenvalue weighted by molar-refractivity contribution is 0.917. The van der Waals surface area contributed by atoms with E-state index in [-0.39, 0.29) is 0 Å². The summed E-state index contributed by atoms with van der Waals surface area (Å²) in [4.78, 5) is 2.24. The van der Waals surface area contributed by atoms with Crippen LogP contribution in [0.1, 0.15) is 11.1 Å². The maximum absolute atomic E-state index is 5.69. The monoisotopic (exact) mass is 304 g/mol. The minimum absolute atomic E-state index is 0.807. The van der Waals surface area contributed by atoms with Gasteiger partial charge in [-0.1, -0.05) is 28.1 Å². The van der Waals surface area contributed by atoms with Gasteiger partial charge < -0.3 is 10.6 Å². The summed E-state index contributed by atoms with van der Waals surface area (Å²) in [6.07, 6.45) is 0. The van der Waals surface area contributed by atoms with Crippen molar-refractivity contribution in [3.8, 4) is 0 Å². The Morgan fingerprint density at radius 1 is 1.11 bits per heavy atom. The van der Waals surface area contributed by atoms with Crippen LogP contribution >= 0.6 is 15.9 Å². The van der Waals surface area contributed by atoms with Gasteiger partial charge in [-0.2, -0.15) is 0 Å². The van der Waals surface area contributed by atoms with Crippen LogP contribution in [0.25, 0.3) is 0 Å². The smallest absolute Gasteiger partial charge is 0.0426 e. The van der Waals surface area contributed by atoms with Gasteiger partial charge in [-0.25, -0.2) is 0 Å². The molecule has 2 aromatic rings. The highest BCUT2D eigenvalue weighted by Crippen LogP contribution is 2.24. The Labute approximate surface area is 117 Å². The molecule has 3 heteroatoms. The Hall–Kier alpha value is -1.48. The molecule has 0 radical (unpaired) electrons. The zero-order valence-electron chi connectivity index (χ0n) is 10.7. The summed E-state index contributed by atoms with van der Waals surface area (Å²) < 4.78 is 1.12. The molecular weight excluding hydrogens is 288 g/mol. The van der Waals surface area contributed by atoms with Crippen LogP contribution in [0.15, 0.2) is 46.9 Å². The third-order valence-corrected chi connectivity index (χ3v) is 3.46. The van der Waals surface area contributed by atoms with Gasteiger partial charge in [0.25, 0.3) is 0 Å². The number of benzene rings is 2. The normalized spacial score (nSPS) is 10.4. The van der Waals surface area contributed by atoms with Crippen molar-refractivity contribution < 1.29 is 0 Å². The first-order valence-corrected chi connectivity index (χ1v) is 6.67. The summed E-state index contributed by atoms with van der Waals surface area (Å²) >= 11 is 3.49. The van der Waals surface area contributed by atoms with Crippen molar-refractivity contribution in [1.82, 2.24) is 0 Å². The molecule has 0 unspecified atom stereocenters. The number of nitrogens with zero attached hydrogens (tertiary/aromatic N) is 1. The quantitative estimate of drug-likeness (QED) is 0.869. The van der Waals surface area contributed by atoms with Crippen molar-refractivity contribution >= 4 is 27.3 Å². The maximum Gasteiger partial charge on any atom is 0.0426 e. The van der Waals surface area contributed by atoms with E-state index in [9.17, 15) is 0 Å². The zero-order valence-corrected chi connectivity index (χ0v) is 12.2. The predicted octanol–water partition coefficient (Wildman–Crippen LogP) is 3.98. The van der Waals surface area contributed by atoms with Gasteiger partial charge >= 0.3 is 0 Å². The Morgan fingerprint density at radius 2 is 1.78 bits per heavy atom. The van der Waals surface area contributed by atoms with E-state index in [1.165, 1.54) is 16.8 Å². The molecule has 94 valence electrons. The van der Waals surface area contributed by atoms with Crippen LogP contribution in [-0.2, 0) is 6.54 Å². The summed E-state index contributed by atoms with van der Waals surface area (Å²) in [5.41, 5.74) is 10.3. The fraction of sp³-hybridized carbons (Fsp3) is 0.200. The van der Waals surface area contributed by atoms with Crippen LogP contribution in [0.5, 0.6) is 0 Å². The SMILES string of the molecule is Cc1cc(Br)ccc1N(C)Cc1ccc(N)cc1. The molecule has 18 heavy (non-hydrogen) atoms. The van der Waals surface area contributed by atoms with Gasteiger partial charge in [0.1, 0.15) is 0 Å². The fourth-order valence-corrected chi connectivity index (χ4v) is 2.50. The van der Waals surface area contributed by atoms with Crippen molar-refractivity contribution in [1.29, 1.82) is 0 Å². The lowest BCUT2D eigenvalue weighted by Gasteiger charge is -2.21. The maximum atomic E-state index is 5.69. The predicted molar refractivity (Wildman–Crippen MR) is 81.8 cm³/mol. The molecule has 0 aliphatic heterocycles. The number of anilines is 2. The molecule has 0 aliphatic carbocycles. The molecule has 2 rings (SSSR count). The molecule has 0 atom stereocenters. The van der Waals surface area contributed by atoms with E-state index < -0.39 is 0 Å². The molecule has 0 heterocycles. The number of halogens is 1. The Balaban J connectivity index is 2.16. The first-order chi connectivity index (χ1) is 8.56. The molecular formula is C15H17BrN2. The standard InChI is InChI=1S/C15H17BrN2/c1-11-9-13(16)5-8-15(11)18(2)10-12-3-6-14(17)7-4-12/h3-9H,10,17H2,1-2H3. The largest absolute Gasteiger partial charge is 0.399 e. The molecule has 0 amide bonds. The summed E-state index contributed by atoms with van der Waals surface area (Å²) in [5.74, 6) is 0. The highest BCUT2D eigenvalue weighted by molar-refractivity contribution is 9.10. The summed E-state index contributed by atoms with van der Waals surface area (Å²) in [6.45, 7) is 3.00. The summed E-state index contributed by atoms with van der Waals surface area (Å²) in [6, 6.07) is 14.4. The Morgan fingerprint density at radius 3 is 2.39 bits per heavy atom. The van der Waals surface area contributed by atoms with Gasteiger partial charge in [0.2, 0.25) is 0 Å². The van der Waals surface area contributed by atoms with Gasteiger partial charge in [0.15, 0.2) is 0 Å². The lowest BCUT2D eigenvalue weighted by atomic mass is 10.1. The second-order valence-electron chi connectivity index (χ2n) is 4.53. The molecule has 0 fully saturated rings. The van der Waals surface area contributed by atoms with E-state index in [0.29, 0.717) is 0 Å². The number of hydrogen-bond acceptors (Lipinski definition) is 2. The van der Waals surface area contributed by atoms with E-state index >= 15 is 0 Å². The molecule has 2 N–H and O–H groups in total. The molecule has 2 aromatic carbocycles. The van der Waals surface area contributed by atoms with Crippen LogP contribution < -0.4 is 10.6 Å². The number of nitrogens with two attached hydrogens (primary N) is 1. The number of rotatable bonds is 3. The number of hydrogen-bond donors (Lipinski definition) is 1. The average molecular weight is 305 g/mol. The van der Waals surface area contributed by atoms with Crippen molar-refractivity contribution in [3.05, 3.63) is 58.1 Å². The van der Waals surface area contributed by atoms with Crippen molar-refractivity contribution in [2.45, 2.75) is 13.5 Å². The van der Waals surface area contributed by atoms with Crippen LogP contribution in [0.4, 0.5) is 11.4 Å². The molecule has 0 spiro atoms. The molecule has 0 saturated carbocycles. The van der Waals surface area contributed by atoms with Crippen molar-refractivity contribution in [3.63, 3.8) is 0 Å². The summed E-state index contributed by atoms with van der Waals surface area (Å²) in [5, 5.41) is 0. The third kappa shape index (κ3) is 3.05. The first-order valence-electron chi connectivity index (χ1n) is 5.88. The Bertz CT molecular complexity index is 535. The number of nitrogen functional groups attached to an aromatic ring is 1. The van der Waals surface area contributed by atoms with E-state index in [1.54, 1.807) is 0 Å². The van der Waals surface area contributed by atoms with Crippen LogP contribution in [0.3, 0.4) is 0 Å². The summed E-state index contributed by atoms with van der Waals surface area (Å²) in [7, 11) is 2.10. The third-order valence-electron chi connectivity index (χ3n) is 2.97. The molecule has 0 aromatic heterocycles. The van der Waals surface area contributed by atoms with Gasteiger partial charge in [0, 0.05) is 29.4 Å². The number of aryl methyl sites for hydroxylation is 1. The zero-order chi connectivity index (χ0) is 13.1. The van der Waals surface area contributed by atoms with Crippen molar-refractivity contribution in [2.24, 2.45) is 0 Å². The van der Waals surface area contributed by atoms with Crippen molar-refractivity contribution in [2.75, 3.05) is 17.7 Å². The molecule has 0 saturated heterocycles. The van der Waals surface area contributed by atoms with Gasteiger partial charge in [0.05, 0.1) is 0 Å². The van der Waals surface area contributed by atoms with Gasteiger partial charge in [-0.15, -0.1) is 0 Å². The minimum atomic E-state index is 0.807. The highest BCUT2D eigenvalue weighted by atomic mass is 79.9. The lowest BCUT2D eigenvalue weighted by Crippen LogP contribution is -2.17. The van der Waals surface area contributed by atoms with Crippen LogP contribution in [0, 0.1) is 6.92 Å². The highest BCUT2D eigenvalue weighted by Gasteiger charge is 2.05. The van der Waals surface area contributed by atoms with E-state index in [0.717, 1.165) is 16.7 Å². The van der Waals surface area contributed by atoms with E-state index in [2.05, 4.69) is 65.1 Å². The van der Waals surface area contributed by atoms with E-state index in [1.807, 2.05) is 12.1 Å². The second kappa shape index (κ2) is 5.44. The Kier molecular flexibility index (Phi) is 3.92. The fourth-order valence-electron chi connectivity index (χ4n) is 2.03. The minimum Gasteiger partial charge on any atom is -0.399 e. The molecule has 0 aliphatic rings. The second-order valence-corrected chi connectivity index (χ2v) is 5.44. The molecule has 2 nitrogen and oxygen atoms in total.